The fraction of sp³-hybridized carbons (Fsp3) is 0.421. The third-order valence-electron chi connectivity index (χ3n) is 3.73. The first kappa shape index (κ1) is 23.6. The number of hydrogen-bond donors (Lipinski definition) is 3. The second-order valence-electron chi connectivity index (χ2n) is 6.06. The quantitative estimate of drug-likeness (QED) is 0.210. The summed E-state index contributed by atoms with van der Waals surface area (Å²) in [6.07, 6.45) is 0.767. The van der Waals surface area contributed by atoms with Gasteiger partial charge in [0, 0.05) is 13.1 Å². The van der Waals surface area contributed by atoms with Crippen molar-refractivity contribution in [2.24, 2.45) is 4.99 Å². The van der Waals surface area contributed by atoms with Crippen molar-refractivity contribution in [3.63, 3.8) is 0 Å². The van der Waals surface area contributed by atoms with Crippen molar-refractivity contribution in [3.8, 4) is 5.75 Å². The van der Waals surface area contributed by atoms with Crippen LogP contribution in [0.3, 0.4) is 0 Å². The minimum Gasteiger partial charge on any atom is -0.494 e. The van der Waals surface area contributed by atoms with Gasteiger partial charge in [0.25, 0.3) is 0 Å². The first-order valence-electron chi connectivity index (χ1n) is 8.67. The maximum Gasteiger partial charge on any atom is 0.191 e. The summed E-state index contributed by atoms with van der Waals surface area (Å²) in [6.45, 7) is 5.95. The smallest absolute Gasteiger partial charge is 0.191 e. The molecule has 0 aliphatic rings. The number of aliphatic hydroxyl groups is 1. The van der Waals surface area contributed by atoms with Crippen LogP contribution in [-0.2, 0) is 5.60 Å². The predicted octanol–water partition coefficient (Wildman–Crippen LogP) is 3.74. The van der Waals surface area contributed by atoms with Gasteiger partial charge < -0.3 is 20.5 Å². The molecule has 0 spiro atoms. The predicted molar refractivity (Wildman–Crippen MR) is 120 cm³/mol. The molecule has 0 radical (unpaired) electrons. The lowest BCUT2D eigenvalue weighted by atomic mass is 10.00. The number of thiophene rings is 1. The molecular weight excluding hydrogens is 480 g/mol. The van der Waals surface area contributed by atoms with E-state index < -0.39 is 5.60 Å². The van der Waals surface area contributed by atoms with Crippen molar-refractivity contribution in [1.29, 1.82) is 0 Å². The van der Waals surface area contributed by atoms with E-state index in [1.807, 2.05) is 23.8 Å². The van der Waals surface area contributed by atoms with Gasteiger partial charge in [0.2, 0.25) is 0 Å². The normalized spacial score (nSPS) is 13.4. The van der Waals surface area contributed by atoms with Crippen LogP contribution in [0.1, 0.15) is 25.8 Å². The molecule has 150 valence electrons. The third-order valence-corrected chi connectivity index (χ3v) is 4.41. The Morgan fingerprint density at radius 1 is 1.26 bits per heavy atom. The number of halogens is 2. The van der Waals surface area contributed by atoms with E-state index in [0.29, 0.717) is 24.9 Å². The molecule has 0 saturated carbocycles. The van der Waals surface area contributed by atoms with Crippen LogP contribution in [0.15, 0.2) is 46.1 Å². The average molecular weight is 507 g/mol. The van der Waals surface area contributed by atoms with Crippen LogP contribution in [0.2, 0.25) is 0 Å². The second kappa shape index (κ2) is 12.1. The third kappa shape index (κ3) is 8.44. The average Bonchev–Trinajstić information content (AvgIpc) is 3.16. The number of benzene rings is 1. The molecule has 27 heavy (non-hydrogen) atoms. The molecule has 2 rings (SSSR count). The Labute approximate surface area is 181 Å². The fourth-order valence-corrected chi connectivity index (χ4v) is 3.02. The Hall–Kier alpha value is -1.39. The van der Waals surface area contributed by atoms with E-state index in [4.69, 9.17) is 4.74 Å². The Kier molecular flexibility index (Phi) is 10.6. The zero-order valence-electron chi connectivity index (χ0n) is 15.6. The van der Waals surface area contributed by atoms with Crippen molar-refractivity contribution in [2.75, 3.05) is 26.2 Å². The Balaban J connectivity index is 0.00000364. The SMILES string of the molecule is CCNC(=NCC(C)(O)c1ccsc1)NCCCOc1ccc(F)cc1.I. The van der Waals surface area contributed by atoms with E-state index in [-0.39, 0.29) is 36.3 Å². The van der Waals surface area contributed by atoms with E-state index in [2.05, 4.69) is 15.6 Å². The van der Waals surface area contributed by atoms with Gasteiger partial charge >= 0.3 is 0 Å². The van der Waals surface area contributed by atoms with Gasteiger partial charge in [-0.15, -0.1) is 24.0 Å². The highest BCUT2D eigenvalue weighted by molar-refractivity contribution is 14.0. The van der Waals surface area contributed by atoms with Crippen molar-refractivity contribution in [2.45, 2.75) is 25.9 Å². The second-order valence-corrected chi connectivity index (χ2v) is 6.84. The zero-order chi connectivity index (χ0) is 18.8. The Morgan fingerprint density at radius 3 is 2.63 bits per heavy atom. The highest BCUT2D eigenvalue weighted by atomic mass is 127. The molecule has 1 heterocycles. The van der Waals surface area contributed by atoms with Crippen molar-refractivity contribution < 1.29 is 14.2 Å². The van der Waals surface area contributed by atoms with Crippen molar-refractivity contribution in [3.05, 3.63) is 52.5 Å². The summed E-state index contributed by atoms with van der Waals surface area (Å²) < 4.78 is 18.4. The van der Waals surface area contributed by atoms with Crippen LogP contribution in [0, 0.1) is 5.82 Å². The van der Waals surface area contributed by atoms with Gasteiger partial charge in [0.1, 0.15) is 17.2 Å². The molecular formula is C19H27FIN3O2S. The number of nitrogens with one attached hydrogen (secondary N) is 2. The molecule has 8 heteroatoms. The first-order valence-corrected chi connectivity index (χ1v) is 9.61. The number of nitrogens with zero attached hydrogens (tertiary/aromatic N) is 1. The number of guanidine groups is 1. The van der Waals surface area contributed by atoms with E-state index in [1.54, 1.807) is 30.4 Å². The Bertz CT molecular complexity index is 679. The maximum atomic E-state index is 12.8. The molecule has 1 aromatic carbocycles. The molecule has 1 unspecified atom stereocenters. The summed E-state index contributed by atoms with van der Waals surface area (Å²) in [5.41, 5.74) is -0.122. The molecule has 0 saturated heterocycles. The number of hydrogen-bond acceptors (Lipinski definition) is 4. The molecule has 3 N–H and O–H groups in total. The largest absolute Gasteiger partial charge is 0.494 e. The number of rotatable bonds is 9. The molecule has 0 amide bonds. The molecule has 0 aliphatic carbocycles. The zero-order valence-corrected chi connectivity index (χ0v) is 18.7. The van der Waals surface area contributed by atoms with Crippen molar-refractivity contribution in [1.82, 2.24) is 10.6 Å². The summed E-state index contributed by atoms with van der Waals surface area (Å²) >= 11 is 1.55. The summed E-state index contributed by atoms with van der Waals surface area (Å²) in [5, 5.41) is 20.8. The minimum absolute atomic E-state index is 0. The maximum absolute atomic E-state index is 12.8. The van der Waals surface area contributed by atoms with E-state index >= 15 is 0 Å². The van der Waals surface area contributed by atoms with Gasteiger partial charge in [0.15, 0.2) is 5.96 Å². The minimum atomic E-state index is -0.992. The monoisotopic (exact) mass is 507 g/mol. The van der Waals surface area contributed by atoms with Gasteiger partial charge in [-0.1, -0.05) is 0 Å². The number of aliphatic imine (C=N–C) groups is 1. The number of ether oxygens (including phenoxy) is 1. The first-order chi connectivity index (χ1) is 12.5. The summed E-state index contributed by atoms with van der Waals surface area (Å²) in [7, 11) is 0. The van der Waals surface area contributed by atoms with Gasteiger partial charge in [-0.3, -0.25) is 0 Å². The molecule has 0 fully saturated rings. The fourth-order valence-electron chi connectivity index (χ4n) is 2.24. The molecule has 1 aromatic heterocycles. The lowest BCUT2D eigenvalue weighted by molar-refractivity contribution is 0.0677. The molecule has 1 atom stereocenters. The molecule has 0 bridgehead atoms. The van der Waals surface area contributed by atoms with Gasteiger partial charge in [-0.25, -0.2) is 9.38 Å². The lowest BCUT2D eigenvalue weighted by Gasteiger charge is -2.21. The highest BCUT2D eigenvalue weighted by Crippen LogP contribution is 2.23. The van der Waals surface area contributed by atoms with Crippen LogP contribution in [-0.4, -0.2) is 37.3 Å². The standard InChI is InChI=1S/C19H26FN3O2S.HI/c1-3-21-18(23-14-19(2,24)15-9-12-26-13-15)22-10-4-11-25-17-7-5-16(20)6-8-17;/h5-9,12-13,24H,3-4,10-11,14H2,1-2H3,(H2,21,22,23);1H. The topological polar surface area (TPSA) is 65.9 Å². The summed E-state index contributed by atoms with van der Waals surface area (Å²) in [5.74, 6) is 1.03. The van der Waals surface area contributed by atoms with Crippen LogP contribution in [0.5, 0.6) is 5.75 Å². The Morgan fingerprint density at radius 2 is 2.00 bits per heavy atom. The molecule has 2 aromatic rings. The van der Waals surface area contributed by atoms with Gasteiger partial charge in [0.05, 0.1) is 13.2 Å². The van der Waals surface area contributed by atoms with Crippen molar-refractivity contribution >= 4 is 41.3 Å². The van der Waals surface area contributed by atoms with E-state index in [0.717, 1.165) is 18.5 Å². The highest BCUT2D eigenvalue weighted by Gasteiger charge is 2.23. The van der Waals surface area contributed by atoms with E-state index in [9.17, 15) is 9.50 Å². The van der Waals surface area contributed by atoms with E-state index in [1.165, 1.54) is 12.1 Å². The molecule has 0 aliphatic heterocycles. The van der Waals surface area contributed by atoms with Gasteiger partial charge in [-0.2, -0.15) is 11.3 Å². The van der Waals surface area contributed by atoms with Gasteiger partial charge in [-0.05, 0) is 66.9 Å². The van der Waals surface area contributed by atoms with Crippen LogP contribution < -0.4 is 15.4 Å². The van der Waals surface area contributed by atoms with Crippen LogP contribution >= 0.6 is 35.3 Å². The van der Waals surface area contributed by atoms with Crippen LogP contribution in [0.4, 0.5) is 4.39 Å². The summed E-state index contributed by atoms with van der Waals surface area (Å²) in [4.78, 5) is 4.47. The van der Waals surface area contributed by atoms with Crippen LogP contribution in [0.25, 0.3) is 0 Å². The molecule has 5 nitrogen and oxygen atoms in total. The lowest BCUT2D eigenvalue weighted by Crippen LogP contribution is -2.39. The summed E-state index contributed by atoms with van der Waals surface area (Å²) in [6, 6.07) is 7.89.